The van der Waals surface area contributed by atoms with Gasteiger partial charge in [0.2, 0.25) is 5.78 Å². The van der Waals surface area contributed by atoms with E-state index in [-0.39, 0.29) is 17.1 Å². The minimum Gasteiger partial charge on any atom is -0.507 e. The van der Waals surface area contributed by atoms with Crippen LogP contribution in [0.3, 0.4) is 0 Å². The van der Waals surface area contributed by atoms with Crippen molar-refractivity contribution in [3.05, 3.63) is 106 Å². The normalized spacial score (nSPS) is 12.6. The van der Waals surface area contributed by atoms with Gasteiger partial charge in [0.1, 0.15) is 11.3 Å². The summed E-state index contributed by atoms with van der Waals surface area (Å²) >= 11 is 0. The Hall–Kier alpha value is -4.12. The summed E-state index contributed by atoms with van der Waals surface area (Å²) in [5.74, 6) is -0.996. The molecule has 5 heteroatoms. The van der Waals surface area contributed by atoms with Gasteiger partial charge in [0.25, 0.3) is 0 Å². The molecule has 1 aliphatic rings. The van der Waals surface area contributed by atoms with Gasteiger partial charge in [-0.15, -0.1) is 0 Å². The molecule has 0 amide bonds. The molecule has 1 heterocycles. The van der Waals surface area contributed by atoms with Crippen LogP contribution in [-0.2, 0) is 11.3 Å². The second kappa shape index (κ2) is 7.24. The molecule has 1 aromatic heterocycles. The summed E-state index contributed by atoms with van der Waals surface area (Å²) in [6.45, 7) is 6.72. The van der Waals surface area contributed by atoms with Crippen molar-refractivity contribution in [2.75, 3.05) is 7.11 Å². The molecule has 158 valence electrons. The Morgan fingerprint density at radius 3 is 2.53 bits per heavy atom. The SMILES string of the molecule is C=C1c2ccccc2C(=O)c2c1c1c(C(=O)OC)c(O)ccc1n2Cc1cccc(C)c1. The Bertz CT molecular complexity index is 1460. The molecule has 5 rings (SSSR count). The Morgan fingerprint density at radius 1 is 1.06 bits per heavy atom. The van der Waals surface area contributed by atoms with Crippen LogP contribution in [0.4, 0.5) is 0 Å². The van der Waals surface area contributed by atoms with Crippen molar-refractivity contribution in [2.24, 2.45) is 0 Å². The third kappa shape index (κ3) is 2.78. The first kappa shape index (κ1) is 19.8. The van der Waals surface area contributed by atoms with Crippen LogP contribution in [-0.4, -0.2) is 28.5 Å². The number of methoxy groups -OCH3 is 1. The largest absolute Gasteiger partial charge is 0.507 e. The first-order valence-corrected chi connectivity index (χ1v) is 10.3. The van der Waals surface area contributed by atoms with Crippen LogP contribution in [0.25, 0.3) is 16.5 Å². The molecule has 0 unspecified atom stereocenters. The van der Waals surface area contributed by atoms with Crippen molar-refractivity contribution in [1.82, 2.24) is 4.57 Å². The maximum Gasteiger partial charge on any atom is 0.342 e. The van der Waals surface area contributed by atoms with E-state index >= 15 is 0 Å². The van der Waals surface area contributed by atoms with Gasteiger partial charge in [-0.25, -0.2) is 4.79 Å². The topological polar surface area (TPSA) is 68.5 Å². The number of aromatic hydroxyl groups is 1. The molecule has 5 nitrogen and oxygen atoms in total. The van der Waals surface area contributed by atoms with Crippen molar-refractivity contribution in [3.63, 3.8) is 0 Å². The molecule has 1 aliphatic carbocycles. The van der Waals surface area contributed by atoms with Crippen molar-refractivity contribution < 1.29 is 19.4 Å². The quantitative estimate of drug-likeness (QED) is 0.410. The molecule has 0 aliphatic heterocycles. The molecule has 0 atom stereocenters. The van der Waals surface area contributed by atoms with E-state index in [4.69, 9.17) is 4.74 Å². The van der Waals surface area contributed by atoms with E-state index < -0.39 is 5.97 Å². The molecule has 0 spiro atoms. The number of phenols is 1. The predicted molar refractivity (Wildman–Crippen MR) is 123 cm³/mol. The van der Waals surface area contributed by atoms with E-state index in [1.54, 1.807) is 12.1 Å². The molecular weight excluding hydrogens is 402 g/mol. The fraction of sp³-hybridized carbons (Fsp3) is 0.111. The highest BCUT2D eigenvalue weighted by molar-refractivity contribution is 6.24. The Kier molecular flexibility index (Phi) is 4.48. The number of ketones is 1. The van der Waals surface area contributed by atoms with Crippen molar-refractivity contribution in [1.29, 1.82) is 0 Å². The van der Waals surface area contributed by atoms with Crippen LogP contribution >= 0.6 is 0 Å². The highest BCUT2D eigenvalue weighted by atomic mass is 16.5. The van der Waals surface area contributed by atoms with E-state index in [1.807, 2.05) is 47.9 Å². The van der Waals surface area contributed by atoms with Gasteiger partial charge >= 0.3 is 5.97 Å². The third-order valence-corrected chi connectivity index (χ3v) is 6.04. The van der Waals surface area contributed by atoms with Gasteiger partial charge in [0.15, 0.2) is 0 Å². The minimum absolute atomic E-state index is 0.0394. The first-order valence-electron chi connectivity index (χ1n) is 10.3. The van der Waals surface area contributed by atoms with Crippen LogP contribution in [0.15, 0.2) is 67.2 Å². The molecular formula is C27H21NO4. The zero-order valence-electron chi connectivity index (χ0n) is 17.8. The number of aryl methyl sites for hydroxylation is 1. The third-order valence-electron chi connectivity index (χ3n) is 6.04. The molecule has 0 radical (unpaired) electrons. The molecule has 0 saturated heterocycles. The van der Waals surface area contributed by atoms with Gasteiger partial charge in [0.05, 0.1) is 18.3 Å². The second-order valence-corrected chi connectivity index (χ2v) is 8.00. The molecule has 32 heavy (non-hydrogen) atoms. The highest BCUT2D eigenvalue weighted by Gasteiger charge is 2.35. The summed E-state index contributed by atoms with van der Waals surface area (Å²) in [6, 6.07) is 18.6. The lowest BCUT2D eigenvalue weighted by Crippen LogP contribution is -2.18. The molecule has 4 aromatic rings. The zero-order chi connectivity index (χ0) is 22.6. The van der Waals surface area contributed by atoms with Gasteiger partial charge < -0.3 is 14.4 Å². The van der Waals surface area contributed by atoms with Crippen molar-refractivity contribution in [2.45, 2.75) is 13.5 Å². The summed E-state index contributed by atoms with van der Waals surface area (Å²) in [5.41, 5.74) is 5.79. The van der Waals surface area contributed by atoms with Gasteiger partial charge in [-0.2, -0.15) is 0 Å². The monoisotopic (exact) mass is 423 g/mol. The number of hydrogen-bond donors (Lipinski definition) is 1. The summed E-state index contributed by atoms with van der Waals surface area (Å²) in [6.07, 6.45) is 0. The number of hydrogen-bond acceptors (Lipinski definition) is 4. The fourth-order valence-corrected chi connectivity index (χ4v) is 4.63. The summed E-state index contributed by atoms with van der Waals surface area (Å²) in [5, 5.41) is 11.0. The van der Waals surface area contributed by atoms with Gasteiger partial charge in [-0.05, 0) is 35.8 Å². The number of nitrogens with zero attached hydrogens (tertiary/aromatic N) is 1. The van der Waals surface area contributed by atoms with E-state index in [2.05, 4.69) is 12.6 Å². The zero-order valence-corrected chi connectivity index (χ0v) is 17.8. The van der Waals surface area contributed by atoms with Gasteiger partial charge in [-0.1, -0.05) is 60.7 Å². The van der Waals surface area contributed by atoms with Crippen LogP contribution in [0, 0.1) is 6.92 Å². The average molecular weight is 423 g/mol. The van der Waals surface area contributed by atoms with E-state index in [0.29, 0.717) is 39.8 Å². The first-order chi connectivity index (χ1) is 15.4. The lowest BCUT2D eigenvalue weighted by Gasteiger charge is -2.20. The molecule has 0 fully saturated rings. The number of rotatable bonds is 3. The lowest BCUT2D eigenvalue weighted by molar-refractivity contribution is 0.0599. The van der Waals surface area contributed by atoms with E-state index in [1.165, 1.54) is 13.2 Å². The summed E-state index contributed by atoms with van der Waals surface area (Å²) in [7, 11) is 1.27. The molecule has 1 N–H and O–H groups in total. The van der Waals surface area contributed by atoms with Crippen molar-refractivity contribution in [3.8, 4) is 5.75 Å². The van der Waals surface area contributed by atoms with Crippen LogP contribution < -0.4 is 0 Å². The van der Waals surface area contributed by atoms with Gasteiger partial charge in [0, 0.05) is 23.1 Å². The molecule has 0 bridgehead atoms. The summed E-state index contributed by atoms with van der Waals surface area (Å²) in [4.78, 5) is 26.4. The van der Waals surface area contributed by atoms with Gasteiger partial charge in [-0.3, -0.25) is 4.79 Å². The predicted octanol–water partition coefficient (Wildman–Crippen LogP) is 5.10. The Morgan fingerprint density at radius 2 is 1.81 bits per heavy atom. The molecule has 0 saturated carbocycles. The Labute approximate surface area is 185 Å². The number of fused-ring (bicyclic) bond motifs is 4. The molecule has 3 aromatic carbocycles. The smallest absolute Gasteiger partial charge is 0.342 e. The van der Waals surface area contributed by atoms with Crippen LogP contribution in [0.2, 0.25) is 0 Å². The lowest BCUT2D eigenvalue weighted by atomic mass is 9.83. The minimum atomic E-state index is -0.664. The maximum atomic E-state index is 13.7. The number of phenolic OH excluding ortho intramolecular Hbond substituents is 1. The highest BCUT2D eigenvalue weighted by Crippen LogP contribution is 2.44. The summed E-state index contributed by atoms with van der Waals surface area (Å²) < 4.78 is 6.88. The van der Waals surface area contributed by atoms with Crippen LogP contribution in [0.1, 0.15) is 48.7 Å². The number of carbonyl (C=O) groups is 2. The number of carbonyl (C=O) groups excluding carboxylic acids is 2. The van der Waals surface area contributed by atoms with Crippen molar-refractivity contribution >= 4 is 28.2 Å². The second-order valence-electron chi connectivity index (χ2n) is 8.00. The number of aromatic nitrogens is 1. The van der Waals surface area contributed by atoms with E-state index in [9.17, 15) is 14.7 Å². The number of benzene rings is 3. The number of ether oxygens (including phenoxy) is 1. The van der Waals surface area contributed by atoms with Crippen LogP contribution in [0.5, 0.6) is 5.75 Å². The fourth-order valence-electron chi connectivity index (χ4n) is 4.63. The maximum absolute atomic E-state index is 13.7. The average Bonchev–Trinajstić information content (AvgIpc) is 3.11. The standard InChI is InChI=1S/C27H21NO4/c1-15-7-6-8-17(13-15)14-28-20-11-12-21(29)24(27(31)32-3)23(20)22-16(2)18-9-4-5-10-19(18)26(30)25(22)28/h4-13,29H,2,14H2,1,3H3. The number of esters is 1. The Balaban J connectivity index is 1.89. The van der Waals surface area contributed by atoms with E-state index in [0.717, 1.165) is 16.7 Å².